The van der Waals surface area contributed by atoms with E-state index in [9.17, 15) is 8.42 Å². The zero-order valence-electron chi connectivity index (χ0n) is 11.2. The van der Waals surface area contributed by atoms with Crippen molar-refractivity contribution in [1.29, 1.82) is 5.26 Å². The third-order valence-corrected chi connectivity index (χ3v) is 3.51. The molecular weight excluding hydrogens is 264 g/mol. The summed E-state index contributed by atoms with van der Waals surface area (Å²) >= 11 is 0. The van der Waals surface area contributed by atoms with Crippen LogP contribution in [0.2, 0.25) is 0 Å². The fraction of sp³-hybridized carbons (Fsp3) is 0.385. The molecule has 1 rings (SSSR count). The van der Waals surface area contributed by atoms with Crippen LogP contribution in [0, 0.1) is 25.2 Å². The second-order valence-corrected chi connectivity index (χ2v) is 5.94. The van der Waals surface area contributed by atoms with Crippen LogP contribution in [0.25, 0.3) is 0 Å². The molecule has 0 radical (unpaired) electrons. The Kier molecular flexibility index (Phi) is 5.07. The van der Waals surface area contributed by atoms with Gasteiger partial charge in [-0.2, -0.15) is 13.7 Å². The Labute approximate surface area is 113 Å². The monoisotopic (exact) mass is 280 g/mol. The second kappa shape index (κ2) is 6.34. The maximum Gasteiger partial charge on any atom is 0.328 e. The predicted molar refractivity (Wildman–Crippen MR) is 73.2 cm³/mol. The van der Waals surface area contributed by atoms with Crippen molar-refractivity contribution >= 4 is 15.8 Å². The Balaban J connectivity index is 3.05. The van der Waals surface area contributed by atoms with E-state index in [1.807, 2.05) is 26.0 Å². The number of oxime groups is 1. The lowest BCUT2D eigenvalue weighted by atomic mass is 10.0. The molecule has 0 aliphatic heterocycles. The van der Waals surface area contributed by atoms with Crippen LogP contribution in [-0.2, 0) is 14.4 Å². The Bertz CT molecular complexity index is 608. The van der Waals surface area contributed by atoms with Crippen LogP contribution in [0.3, 0.4) is 0 Å². The smallest absolute Gasteiger partial charge is 0.267 e. The second-order valence-electron chi connectivity index (χ2n) is 4.26. The fourth-order valence-corrected chi connectivity index (χ4v) is 2.39. The van der Waals surface area contributed by atoms with Gasteiger partial charge >= 0.3 is 10.1 Å². The molecule has 0 aliphatic carbocycles. The van der Waals surface area contributed by atoms with E-state index < -0.39 is 10.1 Å². The Morgan fingerprint density at radius 3 is 2.37 bits per heavy atom. The first-order valence-electron chi connectivity index (χ1n) is 5.86. The first kappa shape index (κ1) is 15.2. The van der Waals surface area contributed by atoms with Gasteiger partial charge in [-0.15, -0.1) is 0 Å². The van der Waals surface area contributed by atoms with Gasteiger partial charge in [0.2, 0.25) is 0 Å². The number of benzene rings is 1. The van der Waals surface area contributed by atoms with Crippen LogP contribution in [0.15, 0.2) is 23.4 Å². The minimum atomic E-state index is -3.70. The number of rotatable bonds is 5. The summed E-state index contributed by atoms with van der Waals surface area (Å²) in [6, 6.07) is 7.31. The van der Waals surface area contributed by atoms with Gasteiger partial charge in [-0.25, -0.2) is 0 Å². The van der Waals surface area contributed by atoms with E-state index in [2.05, 4.69) is 9.44 Å². The van der Waals surface area contributed by atoms with E-state index >= 15 is 0 Å². The molecule has 0 atom stereocenters. The zero-order chi connectivity index (χ0) is 14.5. The molecule has 0 bridgehead atoms. The Hall–Kier alpha value is -1.87. The predicted octanol–water partition coefficient (Wildman–Crippen LogP) is 2.29. The minimum Gasteiger partial charge on any atom is -0.267 e. The van der Waals surface area contributed by atoms with Crippen LogP contribution in [0.4, 0.5) is 0 Å². The summed E-state index contributed by atoms with van der Waals surface area (Å²) in [5.74, 6) is -0.123. The van der Waals surface area contributed by atoms with Crippen LogP contribution >= 0.6 is 0 Å². The molecule has 0 spiro atoms. The summed E-state index contributed by atoms with van der Waals surface area (Å²) in [4.78, 5) is 0. The minimum absolute atomic E-state index is 0.0496. The van der Waals surface area contributed by atoms with E-state index in [0.29, 0.717) is 12.0 Å². The summed E-state index contributed by atoms with van der Waals surface area (Å²) in [5.41, 5.74) is 2.43. The van der Waals surface area contributed by atoms with E-state index in [0.717, 1.165) is 11.1 Å². The summed E-state index contributed by atoms with van der Waals surface area (Å²) in [6.45, 7) is 5.50. The molecule has 0 amide bonds. The molecule has 0 saturated carbocycles. The molecule has 6 heteroatoms. The average Bonchev–Trinajstić information content (AvgIpc) is 2.28. The molecule has 5 nitrogen and oxygen atoms in total. The lowest BCUT2D eigenvalue weighted by Gasteiger charge is -2.03. The first-order valence-corrected chi connectivity index (χ1v) is 7.43. The van der Waals surface area contributed by atoms with Crippen LogP contribution in [0.1, 0.15) is 30.0 Å². The first-order chi connectivity index (χ1) is 8.88. The molecule has 0 unspecified atom stereocenters. The van der Waals surface area contributed by atoms with Crippen molar-refractivity contribution in [2.45, 2.75) is 27.2 Å². The van der Waals surface area contributed by atoms with Crippen molar-refractivity contribution in [1.82, 2.24) is 0 Å². The average molecular weight is 280 g/mol. The van der Waals surface area contributed by atoms with Gasteiger partial charge in [0.05, 0.1) is 5.75 Å². The molecule has 19 heavy (non-hydrogen) atoms. The molecular formula is C13H16N2O3S. The van der Waals surface area contributed by atoms with E-state index in [4.69, 9.17) is 5.26 Å². The summed E-state index contributed by atoms with van der Waals surface area (Å²) in [6.07, 6.45) is 0.434. The van der Waals surface area contributed by atoms with Crippen LogP contribution in [-0.4, -0.2) is 19.9 Å². The molecule has 0 aromatic heterocycles. The number of nitrogens with zero attached hydrogens (tertiary/aromatic N) is 2. The normalized spacial score (nSPS) is 12.0. The maximum atomic E-state index is 11.4. The van der Waals surface area contributed by atoms with E-state index in [1.165, 1.54) is 0 Å². The van der Waals surface area contributed by atoms with Gasteiger partial charge in [0, 0.05) is 5.56 Å². The molecule has 0 saturated heterocycles. The quantitative estimate of drug-likeness (QED) is 0.612. The topological polar surface area (TPSA) is 79.5 Å². The van der Waals surface area contributed by atoms with Gasteiger partial charge in [0.15, 0.2) is 5.71 Å². The molecule has 0 aliphatic rings. The maximum absolute atomic E-state index is 11.4. The van der Waals surface area contributed by atoms with Crippen LogP contribution < -0.4 is 0 Å². The molecule has 0 heterocycles. The summed E-state index contributed by atoms with van der Waals surface area (Å²) in [7, 11) is -3.70. The van der Waals surface area contributed by atoms with Crippen LogP contribution in [0.5, 0.6) is 0 Å². The highest BCUT2D eigenvalue weighted by Crippen LogP contribution is 2.11. The number of hydrogen-bond acceptors (Lipinski definition) is 5. The standard InChI is InChI=1S/C13H16N2O3S/c1-4-5-19(16,17)18-15-13(9-14)12-7-10(2)6-11(3)8-12/h6-8H,4-5H2,1-3H3/b15-13+. The summed E-state index contributed by atoms with van der Waals surface area (Å²) in [5, 5.41) is 12.5. The van der Waals surface area contributed by atoms with Crippen molar-refractivity contribution in [3.05, 3.63) is 34.9 Å². The molecule has 0 N–H and O–H groups in total. The molecule has 102 valence electrons. The third-order valence-electron chi connectivity index (χ3n) is 2.30. The van der Waals surface area contributed by atoms with Gasteiger partial charge in [0.1, 0.15) is 6.07 Å². The lowest BCUT2D eigenvalue weighted by Crippen LogP contribution is -2.09. The highest BCUT2D eigenvalue weighted by molar-refractivity contribution is 7.86. The van der Waals surface area contributed by atoms with Crippen molar-refractivity contribution in [3.8, 4) is 6.07 Å². The molecule has 1 aromatic carbocycles. The van der Waals surface area contributed by atoms with Gasteiger partial charge in [0.25, 0.3) is 0 Å². The highest BCUT2D eigenvalue weighted by atomic mass is 32.2. The zero-order valence-corrected chi connectivity index (χ0v) is 12.0. The highest BCUT2D eigenvalue weighted by Gasteiger charge is 2.11. The third kappa shape index (κ3) is 4.72. The van der Waals surface area contributed by atoms with Crippen molar-refractivity contribution in [3.63, 3.8) is 0 Å². The fourth-order valence-electron chi connectivity index (χ4n) is 1.63. The Morgan fingerprint density at radius 1 is 1.32 bits per heavy atom. The molecule has 0 fully saturated rings. The Morgan fingerprint density at radius 2 is 1.89 bits per heavy atom. The lowest BCUT2D eigenvalue weighted by molar-refractivity contribution is 0.339. The van der Waals surface area contributed by atoms with Gasteiger partial charge in [-0.1, -0.05) is 29.3 Å². The van der Waals surface area contributed by atoms with Crippen molar-refractivity contribution in [2.75, 3.05) is 5.75 Å². The number of nitriles is 1. The summed E-state index contributed by atoms with van der Waals surface area (Å²) < 4.78 is 27.2. The SMILES string of the molecule is CCCS(=O)(=O)O/N=C(\C#N)c1cc(C)cc(C)c1. The van der Waals surface area contributed by atoms with E-state index in [-0.39, 0.29) is 11.5 Å². The van der Waals surface area contributed by atoms with Gasteiger partial charge < -0.3 is 0 Å². The largest absolute Gasteiger partial charge is 0.328 e. The number of aryl methyl sites for hydroxylation is 2. The van der Waals surface area contributed by atoms with E-state index in [1.54, 1.807) is 19.1 Å². The van der Waals surface area contributed by atoms with Crippen molar-refractivity contribution in [2.24, 2.45) is 5.16 Å². The van der Waals surface area contributed by atoms with Gasteiger partial charge in [-0.3, -0.25) is 4.28 Å². The molecule has 1 aromatic rings. The number of hydrogen-bond donors (Lipinski definition) is 0. The van der Waals surface area contributed by atoms with Gasteiger partial charge in [-0.05, 0) is 32.4 Å². The van der Waals surface area contributed by atoms with Crippen molar-refractivity contribution < 1.29 is 12.7 Å².